The Balaban J connectivity index is 1.54. The smallest absolute Gasteiger partial charge is 0.257 e. The first-order valence-electron chi connectivity index (χ1n) is 11.2. The Kier molecular flexibility index (Phi) is 8.62. The molecule has 0 bridgehead atoms. The second-order valence-electron chi connectivity index (χ2n) is 8.19. The number of rotatable bonds is 7. The van der Waals surface area contributed by atoms with Gasteiger partial charge in [0.15, 0.2) is 5.11 Å². The quantitative estimate of drug-likeness (QED) is 0.463. The van der Waals surface area contributed by atoms with E-state index in [-0.39, 0.29) is 16.9 Å². The van der Waals surface area contributed by atoms with Crippen LogP contribution < -0.4 is 15.4 Å². The number of likely N-dealkylation sites (tertiary alicyclic amines) is 1. The van der Waals surface area contributed by atoms with Gasteiger partial charge in [-0.05, 0) is 79.9 Å². The third-order valence-corrected chi connectivity index (χ3v) is 5.75. The minimum Gasteiger partial charge on any atom is -0.494 e. The fraction of sp³-hybridized carbons (Fsp3) is 0.400. The van der Waals surface area contributed by atoms with Crippen molar-refractivity contribution in [2.75, 3.05) is 25.0 Å². The van der Waals surface area contributed by atoms with Crippen molar-refractivity contribution in [1.29, 1.82) is 0 Å². The minimum absolute atomic E-state index is 0.0248. The van der Waals surface area contributed by atoms with Gasteiger partial charge in [-0.15, -0.1) is 0 Å². The number of piperidine rings is 1. The molecule has 2 N–H and O–H groups in total. The Labute approximate surface area is 195 Å². The molecule has 0 aliphatic carbocycles. The van der Waals surface area contributed by atoms with Crippen molar-refractivity contribution in [2.45, 2.75) is 39.5 Å². The number of carbonyl (C=O) groups is 2. The van der Waals surface area contributed by atoms with Gasteiger partial charge in [0, 0.05) is 29.9 Å². The molecule has 1 aliphatic heterocycles. The summed E-state index contributed by atoms with van der Waals surface area (Å²) in [5, 5.41) is 5.85. The molecule has 0 atom stereocenters. The van der Waals surface area contributed by atoms with Gasteiger partial charge in [0.25, 0.3) is 11.8 Å². The first-order chi connectivity index (χ1) is 15.5. The molecule has 1 saturated heterocycles. The molecule has 0 aromatic heterocycles. The Hall–Kier alpha value is -2.93. The van der Waals surface area contributed by atoms with Crippen LogP contribution in [0.3, 0.4) is 0 Å². The van der Waals surface area contributed by atoms with Crippen LogP contribution >= 0.6 is 12.2 Å². The van der Waals surface area contributed by atoms with Crippen LogP contribution in [0, 0.1) is 5.92 Å². The van der Waals surface area contributed by atoms with Crippen LogP contribution in [0.4, 0.5) is 5.69 Å². The summed E-state index contributed by atoms with van der Waals surface area (Å²) in [4.78, 5) is 27.2. The molecule has 2 amide bonds. The van der Waals surface area contributed by atoms with Gasteiger partial charge >= 0.3 is 0 Å². The van der Waals surface area contributed by atoms with Crippen LogP contribution in [-0.4, -0.2) is 41.5 Å². The molecule has 1 fully saturated rings. The number of nitrogens with one attached hydrogen (secondary N) is 2. The zero-order valence-corrected chi connectivity index (χ0v) is 19.5. The van der Waals surface area contributed by atoms with E-state index in [9.17, 15) is 9.59 Å². The van der Waals surface area contributed by atoms with Crippen LogP contribution in [0.25, 0.3) is 0 Å². The molecular formula is C25H31N3O3S. The van der Waals surface area contributed by atoms with Crippen molar-refractivity contribution in [3.05, 3.63) is 59.7 Å². The second-order valence-corrected chi connectivity index (χ2v) is 8.60. The highest BCUT2D eigenvalue weighted by molar-refractivity contribution is 7.80. The van der Waals surface area contributed by atoms with Crippen LogP contribution in [0.15, 0.2) is 48.5 Å². The number of thiocarbonyl (C=S) groups is 1. The normalized spacial score (nSPS) is 14.0. The topological polar surface area (TPSA) is 70.7 Å². The van der Waals surface area contributed by atoms with E-state index in [1.807, 2.05) is 17.0 Å². The van der Waals surface area contributed by atoms with Gasteiger partial charge in [-0.2, -0.15) is 0 Å². The third-order valence-electron chi connectivity index (χ3n) is 5.55. The molecule has 0 radical (unpaired) electrons. The first-order valence-corrected chi connectivity index (χ1v) is 11.6. The highest BCUT2D eigenvalue weighted by atomic mass is 32.1. The fourth-order valence-electron chi connectivity index (χ4n) is 3.50. The van der Waals surface area contributed by atoms with Crippen LogP contribution in [0.1, 0.15) is 60.2 Å². The van der Waals surface area contributed by atoms with Crippen molar-refractivity contribution in [3.8, 4) is 5.75 Å². The summed E-state index contributed by atoms with van der Waals surface area (Å²) in [6.07, 6.45) is 4.13. The standard InChI is InChI=1S/C25H31N3O3S/c1-3-4-16-31-22-10-8-19(9-11-22)23(29)27-25(32)26-21-7-5-6-20(17-21)24(30)28-14-12-18(2)13-15-28/h5-11,17-18H,3-4,12-16H2,1-2H3,(H2,26,27,29,32). The van der Waals surface area contributed by atoms with Gasteiger partial charge < -0.3 is 15.0 Å². The van der Waals surface area contributed by atoms with Crippen molar-refractivity contribution >= 4 is 34.8 Å². The van der Waals surface area contributed by atoms with Crippen molar-refractivity contribution < 1.29 is 14.3 Å². The van der Waals surface area contributed by atoms with Gasteiger partial charge in [-0.25, -0.2) is 0 Å². The first kappa shape index (κ1) is 23.7. The summed E-state index contributed by atoms with van der Waals surface area (Å²) >= 11 is 5.29. The van der Waals surface area contributed by atoms with Crippen LogP contribution in [-0.2, 0) is 0 Å². The van der Waals surface area contributed by atoms with Crippen molar-refractivity contribution in [2.24, 2.45) is 5.92 Å². The molecule has 0 spiro atoms. The molecule has 1 heterocycles. The molecule has 32 heavy (non-hydrogen) atoms. The summed E-state index contributed by atoms with van der Waals surface area (Å²) in [6, 6.07) is 14.2. The highest BCUT2D eigenvalue weighted by Crippen LogP contribution is 2.20. The van der Waals surface area contributed by atoms with E-state index in [1.165, 1.54) is 0 Å². The average molecular weight is 454 g/mol. The van der Waals surface area contributed by atoms with E-state index >= 15 is 0 Å². The number of amides is 2. The van der Waals surface area contributed by atoms with E-state index in [1.54, 1.807) is 36.4 Å². The Morgan fingerprint density at radius 1 is 1.09 bits per heavy atom. The molecule has 1 aliphatic rings. The SMILES string of the molecule is CCCCOc1ccc(C(=O)NC(=S)Nc2cccc(C(=O)N3CCC(C)CC3)c2)cc1. The molecular weight excluding hydrogens is 422 g/mol. The fourth-order valence-corrected chi connectivity index (χ4v) is 3.71. The molecule has 170 valence electrons. The van der Waals surface area contributed by atoms with E-state index in [2.05, 4.69) is 24.5 Å². The van der Waals surface area contributed by atoms with E-state index in [4.69, 9.17) is 17.0 Å². The number of unbranched alkanes of at least 4 members (excludes halogenated alkanes) is 1. The van der Waals surface area contributed by atoms with E-state index < -0.39 is 0 Å². The lowest BCUT2D eigenvalue weighted by Crippen LogP contribution is -2.38. The number of ether oxygens (including phenoxy) is 1. The monoisotopic (exact) mass is 453 g/mol. The second kappa shape index (κ2) is 11.6. The lowest BCUT2D eigenvalue weighted by molar-refractivity contribution is 0.0697. The van der Waals surface area contributed by atoms with Crippen LogP contribution in [0.2, 0.25) is 0 Å². The Bertz CT molecular complexity index is 938. The molecule has 2 aromatic carbocycles. The minimum atomic E-state index is -0.308. The van der Waals surface area contributed by atoms with E-state index in [0.29, 0.717) is 29.3 Å². The third kappa shape index (κ3) is 6.79. The molecule has 7 heteroatoms. The van der Waals surface area contributed by atoms with Crippen LogP contribution in [0.5, 0.6) is 5.75 Å². The Morgan fingerprint density at radius 2 is 1.81 bits per heavy atom. The lowest BCUT2D eigenvalue weighted by Gasteiger charge is -2.30. The van der Waals surface area contributed by atoms with Gasteiger partial charge in [0.1, 0.15) is 5.75 Å². The van der Waals surface area contributed by atoms with Gasteiger partial charge in [-0.1, -0.05) is 26.3 Å². The maximum atomic E-state index is 12.8. The molecule has 6 nitrogen and oxygen atoms in total. The number of nitrogens with zero attached hydrogens (tertiary/aromatic N) is 1. The molecule has 0 unspecified atom stereocenters. The average Bonchev–Trinajstić information content (AvgIpc) is 2.80. The van der Waals surface area contributed by atoms with Gasteiger partial charge in [0.2, 0.25) is 0 Å². The Morgan fingerprint density at radius 3 is 2.50 bits per heavy atom. The number of hydrogen-bond donors (Lipinski definition) is 2. The molecule has 2 aromatic rings. The highest BCUT2D eigenvalue weighted by Gasteiger charge is 2.21. The maximum absolute atomic E-state index is 12.8. The summed E-state index contributed by atoms with van der Waals surface area (Å²) < 4.78 is 5.62. The summed E-state index contributed by atoms with van der Waals surface area (Å²) in [5.74, 6) is 1.12. The largest absolute Gasteiger partial charge is 0.494 e. The summed E-state index contributed by atoms with van der Waals surface area (Å²) in [5.41, 5.74) is 1.75. The number of anilines is 1. The zero-order chi connectivity index (χ0) is 22.9. The van der Waals surface area contributed by atoms with Gasteiger partial charge in [0.05, 0.1) is 6.61 Å². The molecule has 3 rings (SSSR count). The molecule has 0 saturated carbocycles. The van der Waals surface area contributed by atoms with Crippen molar-refractivity contribution in [1.82, 2.24) is 10.2 Å². The maximum Gasteiger partial charge on any atom is 0.257 e. The summed E-state index contributed by atoms with van der Waals surface area (Å²) in [6.45, 7) is 6.56. The summed E-state index contributed by atoms with van der Waals surface area (Å²) in [7, 11) is 0. The number of carbonyl (C=O) groups excluding carboxylic acids is 2. The zero-order valence-electron chi connectivity index (χ0n) is 18.7. The van der Waals surface area contributed by atoms with Gasteiger partial charge in [-0.3, -0.25) is 14.9 Å². The lowest BCUT2D eigenvalue weighted by atomic mass is 9.98. The predicted molar refractivity (Wildman–Crippen MR) is 131 cm³/mol. The predicted octanol–water partition coefficient (Wildman–Crippen LogP) is 4.86. The van der Waals surface area contributed by atoms with Crippen molar-refractivity contribution in [3.63, 3.8) is 0 Å². The number of benzene rings is 2. The number of hydrogen-bond acceptors (Lipinski definition) is 4. The van der Waals surface area contributed by atoms with E-state index in [0.717, 1.165) is 44.5 Å².